The highest BCUT2D eigenvalue weighted by atomic mass is 14.9. The van der Waals surface area contributed by atoms with Gasteiger partial charge in [0.05, 0.1) is 22.6 Å². The van der Waals surface area contributed by atoms with E-state index in [1.165, 1.54) is 49.5 Å². The van der Waals surface area contributed by atoms with Crippen molar-refractivity contribution in [2.75, 3.05) is 0 Å². The summed E-state index contributed by atoms with van der Waals surface area (Å²) in [5, 5.41) is 3.60. The van der Waals surface area contributed by atoms with E-state index in [-0.39, 0.29) is 5.41 Å². The molecule has 9 aromatic rings. The Hall–Kier alpha value is -6.71. The topological polar surface area (TPSA) is 38.7 Å². The van der Waals surface area contributed by atoms with Gasteiger partial charge in [0, 0.05) is 33.1 Å². The van der Waals surface area contributed by atoms with E-state index in [4.69, 9.17) is 15.0 Å². The molecule has 1 aliphatic rings. The van der Waals surface area contributed by atoms with E-state index in [0.29, 0.717) is 5.82 Å². The van der Waals surface area contributed by atoms with Gasteiger partial charge < -0.3 is 0 Å². The first-order valence-electron chi connectivity index (χ1n) is 18.2. The van der Waals surface area contributed by atoms with E-state index in [1.807, 2.05) is 24.3 Å². The van der Waals surface area contributed by atoms with Gasteiger partial charge in [0.2, 0.25) is 0 Å². The first-order chi connectivity index (χ1) is 26.0. The van der Waals surface area contributed by atoms with Crippen LogP contribution in [-0.4, -0.2) is 15.0 Å². The molecule has 2 heterocycles. The summed E-state index contributed by atoms with van der Waals surface area (Å²) in [5.74, 6) is 0.702. The van der Waals surface area contributed by atoms with E-state index in [2.05, 4.69) is 166 Å². The van der Waals surface area contributed by atoms with Gasteiger partial charge in [0.25, 0.3) is 0 Å². The molecule has 0 saturated heterocycles. The molecule has 0 saturated carbocycles. The van der Waals surface area contributed by atoms with Crippen molar-refractivity contribution >= 4 is 21.7 Å². The highest BCUT2D eigenvalue weighted by Gasteiger charge is 2.39. The SMILES string of the molecule is CC1(C)c2ccccc2-c2nc3ccc4ccccc4c3c(-c3cccc(-c4cc(-c5ccc(-c6ccccc6)cc5)nc(-c5ccccc5)n4)c3)c21. The summed E-state index contributed by atoms with van der Waals surface area (Å²) in [6.45, 7) is 4.69. The first kappa shape index (κ1) is 31.1. The maximum Gasteiger partial charge on any atom is 0.160 e. The molecule has 0 unspecified atom stereocenters. The molecule has 0 atom stereocenters. The molecule has 0 amide bonds. The predicted octanol–water partition coefficient (Wildman–Crippen LogP) is 12.8. The third-order valence-corrected chi connectivity index (χ3v) is 10.8. The van der Waals surface area contributed by atoms with Gasteiger partial charge >= 0.3 is 0 Å². The molecule has 0 bridgehead atoms. The maximum absolute atomic E-state index is 5.40. The summed E-state index contributed by atoms with van der Waals surface area (Å²) >= 11 is 0. The normalized spacial score (nSPS) is 12.9. The molecule has 53 heavy (non-hydrogen) atoms. The summed E-state index contributed by atoms with van der Waals surface area (Å²) in [4.78, 5) is 15.8. The van der Waals surface area contributed by atoms with E-state index < -0.39 is 0 Å². The second-order valence-electron chi connectivity index (χ2n) is 14.4. The third kappa shape index (κ3) is 5.16. The molecule has 0 radical (unpaired) electrons. The fourth-order valence-corrected chi connectivity index (χ4v) is 8.25. The number of aromatic nitrogens is 3. The molecule has 1 aliphatic carbocycles. The van der Waals surface area contributed by atoms with E-state index in [1.54, 1.807) is 0 Å². The van der Waals surface area contributed by atoms with Crippen LogP contribution in [0.5, 0.6) is 0 Å². The number of hydrogen-bond donors (Lipinski definition) is 0. The molecule has 0 fully saturated rings. The van der Waals surface area contributed by atoms with Crippen LogP contribution >= 0.6 is 0 Å². The van der Waals surface area contributed by atoms with Crippen molar-refractivity contribution < 1.29 is 0 Å². The van der Waals surface area contributed by atoms with Crippen molar-refractivity contribution in [1.82, 2.24) is 15.0 Å². The zero-order valence-corrected chi connectivity index (χ0v) is 29.6. The lowest BCUT2D eigenvalue weighted by atomic mass is 9.78. The second-order valence-corrected chi connectivity index (χ2v) is 14.4. The molecule has 2 aromatic heterocycles. The average Bonchev–Trinajstić information content (AvgIpc) is 3.46. The van der Waals surface area contributed by atoms with E-state index in [9.17, 15) is 0 Å². The minimum atomic E-state index is -0.246. The molecular weight excluding hydrogens is 643 g/mol. The van der Waals surface area contributed by atoms with Crippen LogP contribution in [0.15, 0.2) is 176 Å². The summed E-state index contributed by atoms with van der Waals surface area (Å²) in [6, 6.07) is 62.3. The standard InChI is InChI=1S/C50H35N3/c1-50(2)41-23-12-11-22-40(41)48-47(50)45(46-39-21-10-9-16-34(39)28-29-42(46)51-48)38-20-13-19-37(30-38)44-31-43(52-49(53-44)36-17-7-4-8-18-36)35-26-24-33(25-27-35)32-14-5-3-6-15-32/h3-31H,1-2H3. The maximum atomic E-state index is 5.40. The predicted molar refractivity (Wildman–Crippen MR) is 220 cm³/mol. The highest BCUT2D eigenvalue weighted by molar-refractivity contribution is 6.16. The van der Waals surface area contributed by atoms with Gasteiger partial charge in [-0.25, -0.2) is 15.0 Å². The Kier molecular flexibility index (Phi) is 7.16. The Balaban J connectivity index is 1.19. The van der Waals surface area contributed by atoms with Gasteiger partial charge in [-0.15, -0.1) is 0 Å². The van der Waals surface area contributed by atoms with Crippen LogP contribution in [0.3, 0.4) is 0 Å². The molecular formula is C50H35N3. The largest absolute Gasteiger partial charge is 0.247 e. The molecule has 250 valence electrons. The average molecular weight is 678 g/mol. The van der Waals surface area contributed by atoms with Gasteiger partial charge in [-0.2, -0.15) is 0 Å². The second kappa shape index (κ2) is 12.2. The Morgan fingerprint density at radius 3 is 1.83 bits per heavy atom. The van der Waals surface area contributed by atoms with Crippen molar-refractivity contribution in [1.29, 1.82) is 0 Å². The monoisotopic (exact) mass is 677 g/mol. The molecule has 0 N–H and O–H groups in total. The number of pyridine rings is 1. The van der Waals surface area contributed by atoms with Crippen molar-refractivity contribution in [2.24, 2.45) is 0 Å². The lowest BCUT2D eigenvalue weighted by Gasteiger charge is -2.26. The van der Waals surface area contributed by atoms with Crippen molar-refractivity contribution in [2.45, 2.75) is 19.3 Å². The lowest BCUT2D eigenvalue weighted by Crippen LogP contribution is -2.16. The third-order valence-electron chi connectivity index (χ3n) is 10.8. The van der Waals surface area contributed by atoms with Gasteiger partial charge in [-0.1, -0.05) is 172 Å². The zero-order chi connectivity index (χ0) is 35.5. The first-order valence-corrected chi connectivity index (χ1v) is 18.2. The van der Waals surface area contributed by atoms with Crippen LogP contribution in [-0.2, 0) is 5.41 Å². The van der Waals surface area contributed by atoms with Crippen LogP contribution in [0, 0.1) is 0 Å². The van der Waals surface area contributed by atoms with Crippen molar-refractivity contribution in [3.8, 4) is 67.4 Å². The van der Waals surface area contributed by atoms with Crippen LogP contribution in [0.2, 0.25) is 0 Å². The number of hydrogen-bond acceptors (Lipinski definition) is 3. The van der Waals surface area contributed by atoms with Gasteiger partial charge in [0.15, 0.2) is 5.82 Å². The number of benzene rings is 7. The Bertz CT molecular complexity index is 2840. The smallest absolute Gasteiger partial charge is 0.160 e. The fraction of sp³-hybridized carbons (Fsp3) is 0.0600. The minimum Gasteiger partial charge on any atom is -0.247 e. The number of fused-ring (bicyclic) bond motifs is 6. The van der Waals surface area contributed by atoms with E-state index >= 15 is 0 Å². The minimum absolute atomic E-state index is 0.246. The lowest BCUT2D eigenvalue weighted by molar-refractivity contribution is 0.662. The molecule has 0 aliphatic heterocycles. The van der Waals surface area contributed by atoms with Gasteiger partial charge in [-0.3, -0.25) is 0 Å². The fourth-order valence-electron chi connectivity index (χ4n) is 8.25. The quantitative estimate of drug-likeness (QED) is 0.170. The summed E-state index contributed by atoms with van der Waals surface area (Å²) in [6.07, 6.45) is 0. The van der Waals surface area contributed by atoms with Crippen LogP contribution in [0.1, 0.15) is 25.0 Å². The van der Waals surface area contributed by atoms with E-state index in [0.717, 1.165) is 44.9 Å². The Morgan fingerprint density at radius 2 is 1.04 bits per heavy atom. The molecule has 3 heteroatoms. The van der Waals surface area contributed by atoms with Crippen LogP contribution in [0.25, 0.3) is 89.1 Å². The van der Waals surface area contributed by atoms with Crippen molar-refractivity contribution in [3.63, 3.8) is 0 Å². The zero-order valence-electron chi connectivity index (χ0n) is 29.6. The van der Waals surface area contributed by atoms with Crippen LogP contribution in [0.4, 0.5) is 0 Å². The summed E-state index contributed by atoms with van der Waals surface area (Å²) < 4.78 is 0. The molecule has 7 aromatic carbocycles. The number of nitrogens with zero attached hydrogens (tertiary/aromatic N) is 3. The van der Waals surface area contributed by atoms with Gasteiger partial charge in [-0.05, 0) is 62.4 Å². The van der Waals surface area contributed by atoms with Crippen molar-refractivity contribution in [3.05, 3.63) is 187 Å². The molecule has 10 rings (SSSR count). The Morgan fingerprint density at radius 1 is 0.434 bits per heavy atom. The number of rotatable bonds is 5. The highest BCUT2D eigenvalue weighted by Crippen LogP contribution is 2.54. The summed E-state index contributed by atoms with van der Waals surface area (Å²) in [5.41, 5.74) is 15.2. The summed E-state index contributed by atoms with van der Waals surface area (Å²) in [7, 11) is 0. The van der Waals surface area contributed by atoms with Crippen LogP contribution < -0.4 is 0 Å². The Labute approximate surface area is 309 Å². The van der Waals surface area contributed by atoms with Gasteiger partial charge in [0.1, 0.15) is 0 Å². The molecule has 3 nitrogen and oxygen atoms in total. The molecule has 0 spiro atoms.